The van der Waals surface area contributed by atoms with Crippen molar-refractivity contribution in [2.24, 2.45) is 0 Å². The summed E-state index contributed by atoms with van der Waals surface area (Å²) in [6, 6.07) is 3.60. The molecule has 0 saturated heterocycles. The standard InChI is InChI=1S/C14H19N5O2/c1-2-19-14(21)8-11-9-18(7-4-12(11)17-19)10-13(20)16-6-3-5-15/h8H,2-4,6-7,9-10H2,1H3,(H,16,20). The van der Waals surface area contributed by atoms with E-state index in [1.807, 2.05) is 17.9 Å². The minimum Gasteiger partial charge on any atom is -0.354 e. The Morgan fingerprint density at radius 2 is 2.38 bits per heavy atom. The van der Waals surface area contributed by atoms with Gasteiger partial charge in [0.25, 0.3) is 5.56 Å². The number of nitrogens with one attached hydrogen (secondary N) is 1. The summed E-state index contributed by atoms with van der Waals surface area (Å²) in [7, 11) is 0. The highest BCUT2D eigenvalue weighted by Crippen LogP contribution is 2.14. The fourth-order valence-corrected chi connectivity index (χ4v) is 2.38. The Morgan fingerprint density at radius 3 is 3.10 bits per heavy atom. The van der Waals surface area contributed by atoms with Crippen molar-refractivity contribution >= 4 is 5.91 Å². The van der Waals surface area contributed by atoms with Crippen LogP contribution in [0.4, 0.5) is 0 Å². The molecule has 1 aliphatic rings. The highest BCUT2D eigenvalue weighted by atomic mass is 16.2. The van der Waals surface area contributed by atoms with Gasteiger partial charge >= 0.3 is 0 Å². The Bertz CT molecular complexity index is 617. The fraction of sp³-hybridized carbons (Fsp3) is 0.571. The first-order valence-corrected chi connectivity index (χ1v) is 7.10. The molecule has 1 aromatic rings. The van der Waals surface area contributed by atoms with E-state index in [0.717, 1.165) is 24.2 Å². The molecule has 1 aromatic heterocycles. The number of amides is 1. The molecule has 1 N–H and O–H groups in total. The van der Waals surface area contributed by atoms with Gasteiger partial charge in [0, 0.05) is 38.7 Å². The van der Waals surface area contributed by atoms with E-state index >= 15 is 0 Å². The summed E-state index contributed by atoms with van der Waals surface area (Å²) in [6.45, 7) is 4.42. The molecule has 0 radical (unpaired) electrons. The van der Waals surface area contributed by atoms with Gasteiger partial charge in [-0.3, -0.25) is 14.5 Å². The summed E-state index contributed by atoms with van der Waals surface area (Å²) in [5.41, 5.74) is 1.75. The molecule has 0 atom stereocenters. The number of aryl methyl sites for hydroxylation is 1. The molecule has 2 heterocycles. The van der Waals surface area contributed by atoms with E-state index in [1.54, 1.807) is 6.07 Å². The number of hydrogen-bond acceptors (Lipinski definition) is 5. The second kappa shape index (κ2) is 6.99. The molecule has 0 bridgehead atoms. The summed E-state index contributed by atoms with van der Waals surface area (Å²) < 4.78 is 1.46. The van der Waals surface area contributed by atoms with E-state index in [4.69, 9.17) is 5.26 Å². The molecule has 0 saturated carbocycles. The third-order valence-corrected chi connectivity index (χ3v) is 3.45. The third kappa shape index (κ3) is 3.89. The maximum Gasteiger partial charge on any atom is 0.267 e. The van der Waals surface area contributed by atoms with Gasteiger partial charge in [-0.1, -0.05) is 0 Å². The zero-order chi connectivity index (χ0) is 15.2. The van der Waals surface area contributed by atoms with Crippen LogP contribution in [0.5, 0.6) is 0 Å². The molecular weight excluding hydrogens is 270 g/mol. The molecule has 7 nitrogen and oxygen atoms in total. The van der Waals surface area contributed by atoms with Crippen LogP contribution in [0.3, 0.4) is 0 Å². The summed E-state index contributed by atoms with van der Waals surface area (Å²) in [5, 5.41) is 15.5. The van der Waals surface area contributed by atoms with Crippen molar-refractivity contribution in [3.8, 4) is 6.07 Å². The Kier molecular flexibility index (Phi) is 5.06. The van der Waals surface area contributed by atoms with Gasteiger partial charge in [-0.2, -0.15) is 10.4 Å². The number of rotatable bonds is 5. The molecule has 2 rings (SSSR count). The number of hydrogen-bond donors (Lipinski definition) is 1. The first kappa shape index (κ1) is 15.2. The number of nitrogens with zero attached hydrogens (tertiary/aromatic N) is 4. The van der Waals surface area contributed by atoms with Gasteiger partial charge in [-0.05, 0) is 12.5 Å². The molecule has 0 fully saturated rings. The SMILES string of the molecule is CCn1nc2c(cc1=O)CN(CC(=O)NCCC#N)CC2. The highest BCUT2D eigenvalue weighted by Gasteiger charge is 2.20. The molecule has 0 aromatic carbocycles. The van der Waals surface area contributed by atoms with Crippen LogP contribution in [-0.4, -0.2) is 40.2 Å². The van der Waals surface area contributed by atoms with Crippen LogP contribution in [0.1, 0.15) is 24.6 Å². The lowest BCUT2D eigenvalue weighted by atomic mass is 10.1. The van der Waals surface area contributed by atoms with Crippen LogP contribution in [0.15, 0.2) is 10.9 Å². The first-order chi connectivity index (χ1) is 10.1. The monoisotopic (exact) mass is 289 g/mol. The Hall–Kier alpha value is -2.20. The number of aromatic nitrogens is 2. The quantitative estimate of drug-likeness (QED) is 0.748. The van der Waals surface area contributed by atoms with Crippen LogP contribution in [-0.2, 0) is 24.3 Å². The predicted octanol–water partition coefficient (Wildman–Crippen LogP) is -0.349. The van der Waals surface area contributed by atoms with Crippen LogP contribution < -0.4 is 10.9 Å². The molecule has 21 heavy (non-hydrogen) atoms. The Labute approximate surface area is 123 Å². The molecule has 0 aliphatic carbocycles. The van der Waals surface area contributed by atoms with Gasteiger partial charge in [-0.25, -0.2) is 4.68 Å². The summed E-state index contributed by atoms with van der Waals surface area (Å²) >= 11 is 0. The van der Waals surface area contributed by atoms with E-state index < -0.39 is 0 Å². The maximum atomic E-state index is 11.8. The molecule has 112 valence electrons. The fourth-order valence-electron chi connectivity index (χ4n) is 2.38. The number of carbonyl (C=O) groups is 1. The van der Waals surface area contributed by atoms with Crippen LogP contribution >= 0.6 is 0 Å². The molecular formula is C14H19N5O2. The van der Waals surface area contributed by atoms with Crippen molar-refractivity contribution in [1.82, 2.24) is 20.0 Å². The van der Waals surface area contributed by atoms with E-state index in [9.17, 15) is 9.59 Å². The van der Waals surface area contributed by atoms with Crippen LogP contribution in [0, 0.1) is 11.3 Å². The van der Waals surface area contributed by atoms with E-state index in [-0.39, 0.29) is 18.0 Å². The zero-order valence-electron chi connectivity index (χ0n) is 12.1. The predicted molar refractivity (Wildman–Crippen MR) is 76.4 cm³/mol. The van der Waals surface area contributed by atoms with E-state index in [1.165, 1.54) is 4.68 Å². The van der Waals surface area contributed by atoms with Crippen molar-refractivity contribution in [3.63, 3.8) is 0 Å². The summed E-state index contributed by atoms with van der Waals surface area (Å²) in [6.07, 6.45) is 1.05. The lowest BCUT2D eigenvalue weighted by molar-refractivity contribution is -0.122. The van der Waals surface area contributed by atoms with Crippen molar-refractivity contribution in [2.45, 2.75) is 32.9 Å². The van der Waals surface area contributed by atoms with Crippen molar-refractivity contribution < 1.29 is 4.79 Å². The number of carbonyl (C=O) groups excluding carboxylic acids is 1. The smallest absolute Gasteiger partial charge is 0.267 e. The van der Waals surface area contributed by atoms with Crippen molar-refractivity contribution in [2.75, 3.05) is 19.6 Å². The minimum absolute atomic E-state index is 0.0939. The molecule has 1 aliphatic heterocycles. The molecule has 7 heteroatoms. The van der Waals surface area contributed by atoms with E-state index in [2.05, 4.69) is 10.4 Å². The second-order valence-electron chi connectivity index (χ2n) is 4.99. The molecule has 0 spiro atoms. The highest BCUT2D eigenvalue weighted by molar-refractivity contribution is 5.78. The Balaban J connectivity index is 1.97. The maximum absolute atomic E-state index is 11.8. The van der Waals surface area contributed by atoms with Crippen LogP contribution in [0.25, 0.3) is 0 Å². The number of fused-ring (bicyclic) bond motifs is 1. The largest absolute Gasteiger partial charge is 0.354 e. The average molecular weight is 289 g/mol. The van der Waals surface area contributed by atoms with Crippen molar-refractivity contribution in [1.29, 1.82) is 5.26 Å². The van der Waals surface area contributed by atoms with Crippen molar-refractivity contribution in [3.05, 3.63) is 27.7 Å². The minimum atomic E-state index is -0.100. The topological polar surface area (TPSA) is 91.0 Å². The molecule has 1 amide bonds. The van der Waals surface area contributed by atoms with Gasteiger partial charge in [0.1, 0.15) is 0 Å². The molecule has 0 unspecified atom stereocenters. The van der Waals surface area contributed by atoms with Gasteiger partial charge in [0.05, 0.1) is 24.7 Å². The van der Waals surface area contributed by atoms with Gasteiger partial charge in [0.2, 0.25) is 5.91 Å². The van der Waals surface area contributed by atoms with Gasteiger partial charge < -0.3 is 5.32 Å². The normalized spacial score (nSPS) is 14.3. The van der Waals surface area contributed by atoms with Crippen LogP contribution in [0.2, 0.25) is 0 Å². The Morgan fingerprint density at radius 1 is 1.57 bits per heavy atom. The zero-order valence-corrected chi connectivity index (χ0v) is 12.1. The third-order valence-electron chi connectivity index (χ3n) is 3.45. The first-order valence-electron chi connectivity index (χ1n) is 7.10. The lowest BCUT2D eigenvalue weighted by Gasteiger charge is -2.27. The second-order valence-corrected chi connectivity index (χ2v) is 4.99. The summed E-state index contributed by atoms with van der Waals surface area (Å²) in [4.78, 5) is 25.5. The van der Waals surface area contributed by atoms with Gasteiger partial charge in [0.15, 0.2) is 0 Å². The van der Waals surface area contributed by atoms with Gasteiger partial charge in [-0.15, -0.1) is 0 Å². The number of nitriles is 1. The average Bonchev–Trinajstić information content (AvgIpc) is 2.46. The summed E-state index contributed by atoms with van der Waals surface area (Å²) in [5.74, 6) is -0.0939. The lowest BCUT2D eigenvalue weighted by Crippen LogP contribution is -2.41. The van der Waals surface area contributed by atoms with E-state index in [0.29, 0.717) is 26.1 Å².